The summed E-state index contributed by atoms with van der Waals surface area (Å²) in [5.41, 5.74) is 1.07. The molecular weight excluding hydrogens is 286 g/mol. The van der Waals surface area contributed by atoms with E-state index >= 15 is 0 Å². The molecule has 0 unspecified atom stereocenters. The first-order valence-electron chi connectivity index (χ1n) is 5.11. The van der Waals surface area contributed by atoms with Gasteiger partial charge in [-0.15, -0.1) is 0 Å². The molecule has 0 atom stereocenters. The molecule has 0 aromatic heterocycles. The molecule has 17 heavy (non-hydrogen) atoms. The second kappa shape index (κ2) is 6.39. The number of hydrogen-bond donors (Lipinski definition) is 0. The Balaban J connectivity index is 2.61. The number of rotatable bonds is 5. The molecule has 0 fully saturated rings. The number of halogens is 1. The number of methoxy groups -OCH3 is 1. The fraction of sp³-hybridized carbons (Fsp3) is 0.333. The zero-order valence-electron chi connectivity index (χ0n) is 9.77. The van der Waals surface area contributed by atoms with Crippen LogP contribution in [0.25, 0.3) is 0 Å². The van der Waals surface area contributed by atoms with Gasteiger partial charge in [0, 0.05) is 13.6 Å². The Bertz CT molecular complexity index is 420. The first-order chi connectivity index (χ1) is 8.08. The fourth-order valence-corrected chi connectivity index (χ4v) is 1.95. The number of ether oxygens (including phenoxy) is 1. The molecule has 0 N–H and O–H groups in total. The minimum Gasteiger partial charge on any atom is -0.496 e. The quantitative estimate of drug-likeness (QED) is 0.614. The summed E-state index contributed by atoms with van der Waals surface area (Å²) in [6, 6.07) is 5.74. The molecule has 1 aromatic rings. The number of amides is 1. The SMILES string of the molecule is COc1ccc(CCN(C)C(=O)C=O)cc1Br. The number of likely N-dealkylation sites (N-methyl/N-ethyl adjacent to an activating group) is 1. The molecular formula is C12H14BrNO3. The Morgan fingerprint density at radius 2 is 2.24 bits per heavy atom. The lowest BCUT2D eigenvalue weighted by atomic mass is 10.1. The standard InChI is InChI=1S/C12H14BrNO3/c1-14(12(16)8-15)6-5-9-3-4-11(17-2)10(13)7-9/h3-4,7-8H,5-6H2,1-2H3. The van der Waals surface area contributed by atoms with Gasteiger partial charge in [-0.3, -0.25) is 9.59 Å². The highest BCUT2D eigenvalue weighted by molar-refractivity contribution is 9.10. The van der Waals surface area contributed by atoms with Crippen molar-refractivity contribution in [3.8, 4) is 5.75 Å². The van der Waals surface area contributed by atoms with Gasteiger partial charge in [-0.1, -0.05) is 6.07 Å². The molecule has 0 radical (unpaired) electrons. The number of nitrogens with zero attached hydrogens (tertiary/aromatic N) is 1. The Morgan fingerprint density at radius 3 is 2.76 bits per heavy atom. The highest BCUT2D eigenvalue weighted by atomic mass is 79.9. The normalized spacial score (nSPS) is 9.82. The Kier molecular flexibility index (Phi) is 5.15. The Labute approximate surface area is 109 Å². The lowest BCUT2D eigenvalue weighted by Gasteiger charge is -2.14. The van der Waals surface area contributed by atoms with Gasteiger partial charge in [-0.05, 0) is 40.0 Å². The number of carbonyl (C=O) groups excluding carboxylic acids is 2. The van der Waals surface area contributed by atoms with E-state index in [-0.39, 0.29) is 0 Å². The second-order valence-corrected chi connectivity index (χ2v) is 4.45. The third-order valence-corrected chi connectivity index (χ3v) is 3.05. The average Bonchev–Trinajstić information content (AvgIpc) is 2.35. The third-order valence-electron chi connectivity index (χ3n) is 2.43. The van der Waals surface area contributed by atoms with Gasteiger partial charge < -0.3 is 9.64 Å². The summed E-state index contributed by atoms with van der Waals surface area (Å²) in [6.45, 7) is 0.510. The summed E-state index contributed by atoms with van der Waals surface area (Å²) in [5.74, 6) is 0.267. The van der Waals surface area contributed by atoms with E-state index in [1.165, 1.54) is 4.90 Å². The summed E-state index contributed by atoms with van der Waals surface area (Å²) in [6.07, 6.45) is 1.02. The van der Waals surface area contributed by atoms with Crippen molar-refractivity contribution in [3.05, 3.63) is 28.2 Å². The lowest BCUT2D eigenvalue weighted by molar-refractivity contribution is -0.137. The molecule has 1 amide bonds. The van der Waals surface area contributed by atoms with Crippen LogP contribution in [0.2, 0.25) is 0 Å². The van der Waals surface area contributed by atoms with Crippen molar-refractivity contribution in [2.75, 3.05) is 20.7 Å². The minimum atomic E-state index is -0.502. The van der Waals surface area contributed by atoms with Crippen LogP contribution in [0, 0.1) is 0 Å². The highest BCUT2D eigenvalue weighted by Gasteiger charge is 2.07. The molecule has 0 aliphatic carbocycles. The zero-order chi connectivity index (χ0) is 12.8. The summed E-state index contributed by atoms with van der Waals surface area (Å²) < 4.78 is 6.00. The van der Waals surface area contributed by atoms with Gasteiger partial charge in [0.15, 0.2) is 0 Å². The van der Waals surface area contributed by atoms with Crippen LogP contribution in [0.5, 0.6) is 5.75 Å². The number of benzene rings is 1. The molecule has 4 nitrogen and oxygen atoms in total. The van der Waals surface area contributed by atoms with Crippen molar-refractivity contribution >= 4 is 28.1 Å². The maximum Gasteiger partial charge on any atom is 0.286 e. The predicted molar refractivity (Wildman–Crippen MR) is 68.1 cm³/mol. The van der Waals surface area contributed by atoms with Gasteiger partial charge in [0.05, 0.1) is 11.6 Å². The molecule has 5 heteroatoms. The number of carbonyl (C=O) groups is 2. The molecule has 1 aromatic carbocycles. The van der Waals surface area contributed by atoms with Gasteiger partial charge >= 0.3 is 0 Å². The van der Waals surface area contributed by atoms with Gasteiger partial charge in [0.2, 0.25) is 6.29 Å². The van der Waals surface area contributed by atoms with Gasteiger partial charge in [-0.25, -0.2) is 0 Å². The average molecular weight is 300 g/mol. The molecule has 1 rings (SSSR count). The van der Waals surface area contributed by atoms with Crippen molar-refractivity contribution in [2.45, 2.75) is 6.42 Å². The summed E-state index contributed by atoms with van der Waals surface area (Å²) in [7, 11) is 3.21. The molecule has 0 spiro atoms. The highest BCUT2D eigenvalue weighted by Crippen LogP contribution is 2.25. The van der Waals surface area contributed by atoms with Gasteiger partial charge in [0.25, 0.3) is 5.91 Å². The van der Waals surface area contributed by atoms with E-state index in [0.717, 1.165) is 15.8 Å². The van der Waals surface area contributed by atoms with Crippen LogP contribution in [0.3, 0.4) is 0 Å². The molecule has 0 saturated heterocycles. The maximum atomic E-state index is 11.0. The molecule has 0 aliphatic rings. The smallest absolute Gasteiger partial charge is 0.286 e. The minimum absolute atomic E-state index is 0.323. The largest absolute Gasteiger partial charge is 0.496 e. The predicted octanol–water partition coefficient (Wildman–Crippen LogP) is 1.66. The van der Waals surface area contributed by atoms with E-state index in [9.17, 15) is 9.59 Å². The van der Waals surface area contributed by atoms with Crippen LogP contribution < -0.4 is 4.74 Å². The summed E-state index contributed by atoms with van der Waals surface area (Å²) in [4.78, 5) is 22.7. The summed E-state index contributed by atoms with van der Waals surface area (Å²) >= 11 is 3.40. The van der Waals surface area contributed by atoms with Crippen molar-refractivity contribution in [3.63, 3.8) is 0 Å². The zero-order valence-corrected chi connectivity index (χ0v) is 11.4. The van der Waals surface area contributed by atoms with Gasteiger partial charge in [-0.2, -0.15) is 0 Å². The van der Waals surface area contributed by atoms with Crippen LogP contribution in [-0.4, -0.2) is 37.8 Å². The van der Waals surface area contributed by atoms with E-state index in [2.05, 4.69) is 15.9 Å². The van der Waals surface area contributed by atoms with Crippen LogP contribution in [0.15, 0.2) is 22.7 Å². The van der Waals surface area contributed by atoms with E-state index in [1.807, 2.05) is 18.2 Å². The van der Waals surface area contributed by atoms with E-state index < -0.39 is 5.91 Å². The molecule has 0 bridgehead atoms. The fourth-order valence-electron chi connectivity index (χ4n) is 1.36. The molecule has 0 saturated carbocycles. The summed E-state index contributed by atoms with van der Waals surface area (Å²) in [5, 5.41) is 0. The Morgan fingerprint density at radius 1 is 1.53 bits per heavy atom. The Hall–Kier alpha value is -1.36. The van der Waals surface area contributed by atoms with Crippen molar-refractivity contribution < 1.29 is 14.3 Å². The van der Waals surface area contributed by atoms with Crippen molar-refractivity contribution in [2.24, 2.45) is 0 Å². The molecule has 0 aliphatic heterocycles. The van der Waals surface area contributed by atoms with Crippen molar-refractivity contribution in [1.82, 2.24) is 4.90 Å². The van der Waals surface area contributed by atoms with Crippen LogP contribution in [0.1, 0.15) is 5.56 Å². The molecule has 0 heterocycles. The monoisotopic (exact) mass is 299 g/mol. The number of hydrogen-bond acceptors (Lipinski definition) is 3. The van der Waals surface area contributed by atoms with E-state index in [0.29, 0.717) is 19.3 Å². The van der Waals surface area contributed by atoms with Crippen LogP contribution in [-0.2, 0) is 16.0 Å². The topological polar surface area (TPSA) is 46.6 Å². The molecule has 92 valence electrons. The lowest BCUT2D eigenvalue weighted by Crippen LogP contribution is -2.29. The second-order valence-electron chi connectivity index (χ2n) is 3.60. The van der Waals surface area contributed by atoms with Gasteiger partial charge in [0.1, 0.15) is 5.75 Å². The van der Waals surface area contributed by atoms with E-state index in [4.69, 9.17) is 4.74 Å². The maximum absolute atomic E-state index is 11.0. The number of aldehydes is 1. The first kappa shape index (κ1) is 13.7. The van der Waals surface area contributed by atoms with Crippen molar-refractivity contribution in [1.29, 1.82) is 0 Å². The van der Waals surface area contributed by atoms with Crippen LogP contribution in [0.4, 0.5) is 0 Å². The van der Waals surface area contributed by atoms with E-state index in [1.54, 1.807) is 14.2 Å². The first-order valence-corrected chi connectivity index (χ1v) is 5.90. The van der Waals surface area contributed by atoms with Crippen LogP contribution >= 0.6 is 15.9 Å². The third kappa shape index (κ3) is 3.85.